The Morgan fingerprint density at radius 1 is 1.17 bits per heavy atom. The number of rotatable bonds is 5. The summed E-state index contributed by atoms with van der Waals surface area (Å²) in [6.07, 6.45) is -6.69. The standard InChI is InChI=1S/C19H11ClF5N5O3S2/c20-15-12(6-14(34-15)35(26,32)33)29-18(31)10-7-27-30-13(16(21)22)5-11(28-17(10)30)8-1-3-9(4-2-8)19(23,24)25/h1-7,16H,(H,29,31)(H2,26,32,33). The van der Waals surface area contributed by atoms with E-state index in [0.29, 0.717) is 11.3 Å². The van der Waals surface area contributed by atoms with Crippen molar-refractivity contribution in [3.05, 3.63) is 63.8 Å². The summed E-state index contributed by atoms with van der Waals surface area (Å²) in [5, 5.41) is 11.2. The number of alkyl halides is 5. The minimum absolute atomic E-state index is 0.0913. The fourth-order valence-electron chi connectivity index (χ4n) is 3.04. The average Bonchev–Trinajstić information content (AvgIpc) is 3.36. The molecule has 16 heteroatoms. The first-order chi connectivity index (χ1) is 16.3. The van der Waals surface area contributed by atoms with Crippen molar-refractivity contribution in [3.8, 4) is 11.3 Å². The van der Waals surface area contributed by atoms with Gasteiger partial charge in [0.1, 0.15) is 19.8 Å². The summed E-state index contributed by atoms with van der Waals surface area (Å²) in [5.74, 6) is -0.905. The van der Waals surface area contributed by atoms with Gasteiger partial charge in [-0.2, -0.15) is 18.3 Å². The molecule has 3 aromatic heterocycles. The number of carbonyl (C=O) groups excluding carboxylic acids is 1. The number of primary sulfonamides is 1. The monoisotopic (exact) mass is 551 g/mol. The van der Waals surface area contributed by atoms with Crippen LogP contribution in [0.1, 0.15) is 28.0 Å². The molecule has 0 radical (unpaired) electrons. The first kappa shape index (κ1) is 25.0. The SMILES string of the molecule is NS(=O)(=O)c1cc(NC(=O)c2cnn3c(C(F)F)cc(-c4ccc(C(F)(F)F)cc4)nc23)c(Cl)s1. The van der Waals surface area contributed by atoms with Gasteiger partial charge in [-0.05, 0) is 24.3 Å². The van der Waals surface area contributed by atoms with Gasteiger partial charge in [-0.25, -0.2) is 31.8 Å². The lowest BCUT2D eigenvalue weighted by molar-refractivity contribution is -0.137. The van der Waals surface area contributed by atoms with Crippen LogP contribution in [0, 0.1) is 0 Å². The predicted molar refractivity (Wildman–Crippen MR) is 117 cm³/mol. The third kappa shape index (κ3) is 4.98. The lowest BCUT2D eigenvalue weighted by Gasteiger charge is -2.10. The molecule has 4 rings (SSSR count). The van der Waals surface area contributed by atoms with E-state index in [-0.39, 0.29) is 36.7 Å². The molecule has 0 aliphatic rings. The molecule has 0 unspecified atom stereocenters. The molecule has 3 heterocycles. The quantitative estimate of drug-likeness (QED) is 0.340. The van der Waals surface area contributed by atoms with Crippen LogP contribution in [0.2, 0.25) is 4.34 Å². The molecule has 0 saturated carbocycles. The van der Waals surface area contributed by atoms with Crippen molar-refractivity contribution in [1.29, 1.82) is 0 Å². The lowest BCUT2D eigenvalue weighted by atomic mass is 10.1. The van der Waals surface area contributed by atoms with Gasteiger partial charge in [0.2, 0.25) is 10.0 Å². The summed E-state index contributed by atoms with van der Waals surface area (Å²) >= 11 is 6.55. The highest BCUT2D eigenvalue weighted by atomic mass is 35.5. The zero-order valence-electron chi connectivity index (χ0n) is 16.8. The molecule has 184 valence electrons. The number of anilines is 1. The number of nitrogens with zero attached hydrogens (tertiary/aromatic N) is 3. The Morgan fingerprint density at radius 3 is 2.37 bits per heavy atom. The maximum Gasteiger partial charge on any atom is 0.416 e. The maximum atomic E-state index is 13.7. The number of aromatic nitrogens is 3. The van der Waals surface area contributed by atoms with Gasteiger partial charge in [-0.1, -0.05) is 23.7 Å². The third-order valence-electron chi connectivity index (χ3n) is 4.67. The summed E-state index contributed by atoms with van der Waals surface area (Å²) in [6.45, 7) is 0. The van der Waals surface area contributed by atoms with Crippen LogP contribution in [0.5, 0.6) is 0 Å². The summed E-state index contributed by atoms with van der Waals surface area (Å²) < 4.78 is 89.3. The first-order valence-corrected chi connectivity index (χ1v) is 12.0. The normalized spacial score (nSPS) is 12.5. The van der Waals surface area contributed by atoms with E-state index in [0.717, 1.165) is 47.1 Å². The fourth-order valence-corrected chi connectivity index (χ4v) is 5.10. The summed E-state index contributed by atoms with van der Waals surface area (Å²) in [7, 11) is -4.09. The van der Waals surface area contributed by atoms with Gasteiger partial charge in [0.25, 0.3) is 12.3 Å². The van der Waals surface area contributed by atoms with Crippen molar-refractivity contribution >= 4 is 50.2 Å². The van der Waals surface area contributed by atoms with E-state index in [1.165, 1.54) is 0 Å². The molecule has 0 bridgehead atoms. The van der Waals surface area contributed by atoms with Gasteiger partial charge >= 0.3 is 6.18 Å². The second kappa shape index (κ2) is 8.82. The number of nitrogens with two attached hydrogens (primary N) is 1. The van der Waals surface area contributed by atoms with Crippen LogP contribution in [0.4, 0.5) is 27.6 Å². The van der Waals surface area contributed by atoms with E-state index in [1.54, 1.807) is 0 Å². The molecule has 1 aromatic carbocycles. The van der Waals surface area contributed by atoms with Gasteiger partial charge in [0.05, 0.1) is 23.1 Å². The molecule has 0 aliphatic carbocycles. The minimum Gasteiger partial charge on any atom is -0.320 e. The van der Waals surface area contributed by atoms with Crippen molar-refractivity contribution in [3.63, 3.8) is 0 Å². The Morgan fingerprint density at radius 2 is 1.83 bits per heavy atom. The Labute approximate surface area is 202 Å². The number of nitrogens with one attached hydrogen (secondary N) is 1. The van der Waals surface area contributed by atoms with Gasteiger partial charge in [-0.3, -0.25) is 4.79 Å². The van der Waals surface area contributed by atoms with Crippen molar-refractivity contribution in [1.82, 2.24) is 14.6 Å². The molecule has 1 amide bonds. The van der Waals surface area contributed by atoms with Crippen LogP contribution in [0.25, 0.3) is 16.9 Å². The summed E-state index contributed by atoms with van der Waals surface area (Å²) in [5.41, 5.74) is -2.32. The molecule has 0 saturated heterocycles. The Bertz CT molecular complexity index is 1550. The highest BCUT2D eigenvalue weighted by Crippen LogP contribution is 2.35. The maximum absolute atomic E-state index is 13.7. The number of hydrogen-bond donors (Lipinski definition) is 2. The number of fused-ring (bicyclic) bond motifs is 1. The van der Waals surface area contributed by atoms with E-state index < -0.39 is 39.8 Å². The molecule has 0 atom stereocenters. The van der Waals surface area contributed by atoms with Crippen LogP contribution in [0.3, 0.4) is 0 Å². The molecular formula is C19H11ClF5N5O3S2. The van der Waals surface area contributed by atoms with Gasteiger partial charge in [0.15, 0.2) is 5.65 Å². The van der Waals surface area contributed by atoms with Crippen LogP contribution in [-0.4, -0.2) is 28.9 Å². The highest BCUT2D eigenvalue weighted by molar-refractivity contribution is 7.91. The van der Waals surface area contributed by atoms with E-state index in [2.05, 4.69) is 15.4 Å². The summed E-state index contributed by atoms with van der Waals surface area (Å²) in [4.78, 5) is 17.0. The van der Waals surface area contributed by atoms with Crippen molar-refractivity contribution in [2.24, 2.45) is 5.14 Å². The number of carbonyl (C=O) groups is 1. The lowest BCUT2D eigenvalue weighted by Crippen LogP contribution is -2.13. The Kier molecular flexibility index (Phi) is 6.29. The molecular weight excluding hydrogens is 541 g/mol. The highest BCUT2D eigenvalue weighted by Gasteiger charge is 2.30. The second-order valence-corrected chi connectivity index (χ2v) is 10.4. The summed E-state index contributed by atoms with van der Waals surface area (Å²) in [6, 6.07) is 5.64. The third-order valence-corrected chi connectivity index (χ3v) is 7.45. The van der Waals surface area contributed by atoms with E-state index in [4.69, 9.17) is 16.7 Å². The van der Waals surface area contributed by atoms with Crippen LogP contribution >= 0.6 is 22.9 Å². The fraction of sp³-hybridized carbons (Fsp3) is 0.105. The Balaban J connectivity index is 1.77. The smallest absolute Gasteiger partial charge is 0.320 e. The van der Waals surface area contributed by atoms with Crippen LogP contribution < -0.4 is 10.5 Å². The molecule has 8 nitrogen and oxygen atoms in total. The van der Waals surface area contributed by atoms with Crippen molar-refractivity contribution in [2.75, 3.05) is 5.32 Å². The van der Waals surface area contributed by atoms with E-state index in [1.807, 2.05) is 0 Å². The predicted octanol–water partition coefficient (Wildman–Crippen LogP) is 4.97. The molecule has 3 N–H and O–H groups in total. The average molecular weight is 552 g/mol. The molecule has 0 aliphatic heterocycles. The first-order valence-electron chi connectivity index (χ1n) is 9.23. The van der Waals surface area contributed by atoms with E-state index >= 15 is 0 Å². The number of benzene rings is 1. The number of thiophene rings is 1. The van der Waals surface area contributed by atoms with E-state index in [9.17, 15) is 35.2 Å². The van der Waals surface area contributed by atoms with Crippen LogP contribution in [0.15, 0.2) is 46.8 Å². The minimum atomic E-state index is -4.59. The molecule has 0 spiro atoms. The van der Waals surface area contributed by atoms with Crippen molar-refractivity contribution < 1.29 is 35.2 Å². The molecule has 35 heavy (non-hydrogen) atoms. The number of amides is 1. The number of halogens is 6. The zero-order chi connectivity index (χ0) is 25.7. The zero-order valence-corrected chi connectivity index (χ0v) is 19.2. The topological polar surface area (TPSA) is 119 Å². The van der Waals surface area contributed by atoms with Gasteiger partial charge in [-0.15, -0.1) is 11.3 Å². The molecule has 4 aromatic rings. The van der Waals surface area contributed by atoms with Gasteiger partial charge in [0, 0.05) is 5.56 Å². The largest absolute Gasteiger partial charge is 0.416 e. The Hall–Kier alpha value is -3.14. The second-order valence-electron chi connectivity index (χ2n) is 6.99. The number of hydrogen-bond acceptors (Lipinski definition) is 6. The molecule has 0 fully saturated rings. The van der Waals surface area contributed by atoms with Crippen LogP contribution in [-0.2, 0) is 16.2 Å². The van der Waals surface area contributed by atoms with Gasteiger partial charge < -0.3 is 5.32 Å². The van der Waals surface area contributed by atoms with Crippen molar-refractivity contribution in [2.45, 2.75) is 16.8 Å². The number of sulfonamides is 1.